The Balaban J connectivity index is 1.27. The van der Waals surface area contributed by atoms with Gasteiger partial charge >= 0.3 is 6.03 Å². The molecular formula is C19H23N5O. The van der Waals surface area contributed by atoms with Crippen LogP contribution in [-0.4, -0.2) is 35.1 Å². The third-order valence-electron chi connectivity index (χ3n) is 5.10. The molecule has 25 heavy (non-hydrogen) atoms. The normalized spacial score (nSPS) is 20.2. The summed E-state index contributed by atoms with van der Waals surface area (Å²) in [5.74, 6) is 0.771. The van der Waals surface area contributed by atoms with Crippen molar-refractivity contribution in [1.29, 1.82) is 0 Å². The Bertz CT molecular complexity index is 728. The molecule has 0 spiro atoms. The largest absolute Gasteiger partial charge is 0.341 e. The molecule has 1 aromatic carbocycles. The number of benzene rings is 1. The lowest BCUT2D eigenvalue weighted by Crippen LogP contribution is -2.48. The van der Waals surface area contributed by atoms with Crippen LogP contribution in [0.15, 0.2) is 42.7 Å². The fourth-order valence-electron chi connectivity index (χ4n) is 3.77. The third kappa shape index (κ3) is 3.57. The predicted octanol–water partition coefficient (Wildman–Crippen LogP) is 2.43. The maximum Gasteiger partial charge on any atom is 0.315 e. The van der Waals surface area contributed by atoms with Crippen LogP contribution in [0.4, 0.5) is 10.7 Å². The smallest absolute Gasteiger partial charge is 0.315 e. The van der Waals surface area contributed by atoms with Crippen molar-refractivity contribution in [2.45, 2.75) is 37.8 Å². The predicted molar refractivity (Wildman–Crippen MR) is 96.4 cm³/mol. The summed E-state index contributed by atoms with van der Waals surface area (Å²) in [6, 6.07) is 10.5. The zero-order valence-corrected chi connectivity index (χ0v) is 14.2. The van der Waals surface area contributed by atoms with Crippen molar-refractivity contribution in [1.82, 2.24) is 20.6 Å². The van der Waals surface area contributed by atoms with Gasteiger partial charge in [0.05, 0.1) is 6.04 Å². The number of carbonyl (C=O) groups excluding carboxylic acids is 1. The van der Waals surface area contributed by atoms with Crippen LogP contribution < -0.4 is 15.5 Å². The van der Waals surface area contributed by atoms with Gasteiger partial charge in [-0.3, -0.25) is 0 Å². The molecule has 2 heterocycles. The van der Waals surface area contributed by atoms with Gasteiger partial charge in [0.1, 0.15) is 0 Å². The highest BCUT2D eigenvalue weighted by Crippen LogP contribution is 2.30. The minimum absolute atomic E-state index is 0.0592. The molecular weight excluding hydrogens is 314 g/mol. The number of hydrogen-bond acceptors (Lipinski definition) is 4. The van der Waals surface area contributed by atoms with Gasteiger partial charge in [0.15, 0.2) is 0 Å². The first-order chi connectivity index (χ1) is 12.3. The number of aromatic nitrogens is 2. The zero-order valence-electron chi connectivity index (χ0n) is 14.2. The Kier molecular flexibility index (Phi) is 4.50. The van der Waals surface area contributed by atoms with E-state index in [4.69, 9.17) is 0 Å². The molecule has 0 unspecified atom stereocenters. The van der Waals surface area contributed by atoms with Crippen molar-refractivity contribution in [3.63, 3.8) is 0 Å². The number of anilines is 1. The highest BCUT2D eigenvalue weighted by Gasteiger charge is 2.26. The summed E-state index contributed by atoms with van der Waals surface area (Å²) in [5.41, 5.74) is 2.61. The highest BCUT2D eigenvalue weighted by atomic mass is 16.2. The Morgan fingerprint density at radius 3 is 2.56 bits per heavy atom. The van der Waals surface area contributed by atoms with Crippen LogP contribution in [0.5, 0.6) is 0 Å². The monoisotopic (exact) mass is 337 g/mol. The van der Waals surface area contributed by atoms with Gasteiger partial charge in [-0.1, -0.05) is 24.3 Å². The van der Waals surface area contributed by atoms with Crippen molar-refractivity contribution in [2.75, 3.05) is 18.0 Å². The quantitative estimate of drug-likeness (QED) is 0.902. The molecule has 6 heteroatoms. The molecule has 1 atom stereocenters. The molecule has 2 N–H and O–H groups in total. The van der Waals surface area contributed by atoms with Crippen LogP contribution >= 0.6 is 0 Å². The first-order valence-electron chi connectivity index (χ1n) is 8.96. The van der Waals surface area contributed by atoms with Crippen LogP contribution in [0.1, 0.15) is 36.4 Å². The second-order valence-electron chi connectivity index (χ2n) is 6.72. The van der Waals surface area contributed by atoms with Crippen LogP contribution in [0.2, 0.25) is 0 Å². The minimum atomic E-state index is -0.0592. The molecule has 2 aliphatic rings. The summed E-state index contributed by atoms with van der Waals surface area (Å²) in [4.78, 5) is 23.1. The van der Waals surface area contributed by atoms with Crippen LogP contribution in [0.25, 0.3) is 0 Å². The number of aryl methyl sites for hydroxylation is 1. The van der Waals surface area contributed by atoms with Gasteiger partial charge in [0.2, 0.25) is 5.95 Å². The number of hydrogen-bond donors (Lipinski definition) is 2. The van der Waals surface area contributed by atoms with E-state index in [1.165, 1.54) is 11.1 Å². The van der Waals surface area contributed by atoms with Crippen LogP contribution in [0, 0.1) is 0 Å². The fraction of sp³-hybridized carbons (Fsp3) is 0.421. The minimum Gasteiger partial charge on any atom is -0.341 e. The molecule has 4 rings (SSSR count). The van der Waals surface area contributed by atoms with Crippen molar-refractivity contribution in [3.8, 4) is 0 Å². The van der Waals surface area contributed by atoms with Crippen LogP contribution in [-0.2, 0) is 6.42 Å². The van der Waals surface area contributed by atoms with E-state index in [1.54, 1.807) is 12.4 Å². The summed E-state index contributed by atoms with van der Waals surface area (Å²) in [6.07, 6.45) is 7.37. The molecule has 0 bridgehead atoms. The molecule has 1 aromatic heterocycles. The second-order valence-corrected chi connectivity index (χ2v) is 6.72. The van der Waals surface area contributed by atoms with Gasteiger partial charge in [0.25, 0.3) is 0 Å². The molecule has 1 saturated heterocycles. The van der Waals surface area contributed by atoms with Crippen molar-refractivity contribution in [2.24, 2.45) is 0 Å². The number of piperidine rings is 1. The standard InChI is InChI=1S/C19H23N5O/c25-19(23-17-7-6-14-4-1-2-5-16(14)17)22-15-8-12-24(13-9-15)18-20-10-3-11-21-18/h1-5,10-11,15,17H,6-9,12-13H2,(H2,22,23,25)/t17-/m0/s1. The molecule has 1 aliphatic carbocycles. The van der Waals surface area contributed by atoms with E-state index in [9.17, 15) is 4.79 Å². The van der Waals surface area contributed by atoms with Gasteiger partial charge in [-0.05, 0) is 42.9 Å². The fourth-order valence-corrected chi connectivity index (χ4v) is 3.77. The molecule has 0 radical (unpaired) electrons. The van der Waals surface area contributed by atoms with E-state index < -0.39 is 0 Å². The van der Waals surface area contributed by atoms with E-state index in [0.29, 0.717) is 0 Å². The van der Waals surface area contributed by atoms with E-state index in [2.05, 4.69) is 43.7 Å². The van der Waals surface area contributed by atoms with E-state index >= 15 is 0 Å². The Morgan fingerprint density at radius 2 is 1.76 bits per heavy atom. The summed E-state index contributed by atoms with van der Waals surface area (Å²) >= 11 is 0. The van der Waals surface area contributed by atoms with Gasteiger partial charge in [-0.15, -0.1) is 0 Å². The third-order valence-corrected chi connectivity index (χ3v) is 5.10. The second kappa shape index (κ2) is 7.09. The van der Waals surface area contributed by atoms with Gasteiger partial charge in [-0.2, -0.15) is 0 Å². The molecule has 6 nitrogen and oxygen atoms in total. The SMILES string of the molecule is O=C(NC1CCN(c2ncccn2)CC1)N[C@H]1CCc2ccccc21. The van der Waals surface area contributed by atoms with Crippen molar-refractivity contribution in [3.05, 3.63) is 53.9 Å². The number of nitrogens with zero attached hydrogens (tertiary/aromatic N) is 3. The number of carbonyl (C=O) groups is 1. The highest BCUT2D eigenvalue weighted by molar-refractivity contribution is 5.75. The maximum atomic E-state index is 12.4. The lowest BCUT2D eigenvalue weighted by Gasteiger charge is -2.32. The topological polar surface area (TPSA) is 70.2 Å². The Morgan fingerprint density at radius 1 is 1.00 bits per heavy atom. The lowest BCUT2D eigenvalue weighted by atomic mass is 10.1. The van der Waals surface area contributed by atoms with E-state index in [0.717, 1.165) is 44.7 Å². The summed E-state index contributed by atoms with van der Waals surface area (Å²) < 4.78 is 0. The average Bonchev–Trinajstić information content (AvgIpc) is 3.06. The lowest BCUT2D eigenvalue weighted by molar-refractivity contribution is 0.230. The first-order valence-corrected chi connectivity index (χ1v) is 8.96. The number of fused-ring (bicyclic) bond motifs is 1. The average molecular weight is 337 g/mol. The number of amides is 2. The van der Waals surface area contributed by atoms with Gasteiger partial charge in [0, 0.05) is 31.5 Å². The van der Waals surface area contributed by atoms with Crippen LogP contribution in [0.3, 0.4) is 0 Å². The summed E-state index contributed by atoms with van der Waals surface area (Å²) in [6.45, 7) is 1.72. The van der Waals surface area contributed by atoms with Gasteiger partial charge < -0.3 is 15.5 Å². The van der Waals surface area contributed by atoms with E-state index in [-0.39, 0.29) is 18.1 Å². The Labute approximate surface area is 147 Å². The molecule has 130 valence electrons. The van der Waals surface area contributed by atoms with Crippen molar-refractivity contribution >= 4 is 12.0 Å². The maximum absolute atomic E-state index is 12.4. The Hall–Kier alpha value is -2.63. The summed E-state index contributed by atoms with van der Waals surface area (Å²) in [5, 5.41) is 6.27. The first kappa shape index (κ1) is 15.9. The van der Waals surface area contributed by atoms with Gasteiger partial charge in [-0.25, -0.2) is 14.8 Å². The van der Waals surface area contributed by atoms with Crippen molar-refractivity contribution < 1.29 is 4.79 Å². The number of nitrogens with one attached hydrogen (secondary N) is 2. The summed E-state index contributed by atoms with van der Waals surface area (Å²) in [7, 11) is 0. The zero-order chi connectivity index (χ0) is 17.1. The van der Waals surface area contributed by atoms with E-state index in [1.807, 2.05) is 12.1 Å². The number of rotatable bonds is 3. The molecule has 2 aromatic rings. The molecule has 1 aliphatic heterocycles. The molecule has 2 amide bonds. The molecule has 1 fully saturated rings. The number of urea groups is 1. The molecule has 0 saturated carbocycles.